The van der Waals surface area contributed by atoms with E-state index in [1.807, 2.05) is 23.1 Å². The van der Waals surface area contributed by atoms with Gasteiger partial charge < -0.3 is 24.6 Å². The van der Waals surface area contributed by atoms with Crippen LogP contribution in [0.25, 0.3) is 10.9 Å². The van der Waals surface area contributed by atoms with Crippen LogP contribution in [0.1, 0.15) is 47.1 Å². The molecule has 2 aromatic heterocycles. The maximum Gasteiger partial charge on any atom is 0.273 e. The zero-order valence-electron chi connectivity index (χ0n) is 19.2. The Labute approximate surface area is 197 Å². The van der Waals surface area contributed by atoms with E-state index in [0.717, 1.165) is 47.2 Å². The maximum absolute atomic E-state index is 13.5. The van der Waals surface area contributed by atoms with Crippen LogP contribution < -0.4 is 4.74 Å². The highest BCUT2D eigenvalue weighted by atomic mass is 16.5. The van der Waals surface area contributed by atoms with Gasteiger partial charge in [0.1, 0.15) is 11.4 Å². The van der Waals surface area contributed by atoms with E-state index in [1.54, 1.807) is 36.4 Å². The number of fused-ring (bicyclic) bond motifs is 4. The predicted molar refractivity (Wildman–Crippen MR) is 126 cm³/mol. The average molecular weight is 461 g/mol. The van der Waals surface area contributed by atoms with E-state index in [2.05, 4.69) is 9.97 Å². The van der Waals surface area contributed by atoms with Crippen molar-refractivity contribution >= 4 is 22.7 Å². The van der Waals surface area contributed by atoms with Crippen molar-refractivity contribution in [3.8, 4) is 5.75 Å². The SMILES string of the molecule is COc1ccc2c3c([nH]c2c1)[C@@H](CO)N(C(=O)c1ccccn1)CC31CN(C(=O)C2CCC2)C1. The van der Waals surface area contributed by atoms with Gasteiger partial charge in [0.15, 0.2) is 0 Å². The molecule has 1 saturated carbocycles. The zero-order chi connectivity index (χ0) is 23.4. The molecule has 0 radical (unpaired) electrons. The number of aromatic nitrogens is 2. The largest absolute Gasteiger partial charge is 0.497 e. The highest BCUT2D eigenvalue weighted by molar-refractivity contribution is 5.95. The molecule has 176 valence electrons. The number of aliphatic hydroxyl groups is 1. The third-order valence-corrected chi connectivity index (χ3v) is 7.82. The van der Waals surface area contributed by atoms with Crippen LogP contribution in [-0.4, -0.2) is 70.0 Å². The molecule has 1 spiro atoms. The molecular formula is C26H28N4O4. The highest BCUT2D eigenvalue weighted by Gasteiger charge is 2.55. The minimum Gasteiger partial charge on any atom is -0.497 e. The highest BCUT2D eigenvalue weighted by Crippen LogP contribution is 2.49. The molecule has 2 N–H and O–H groups in total. The van der Waals surface area contributed by atoms with Gasteiger partial charge in [-0.2, -0.15) is 0 Å². The van der Waals surface area contributed by atoms with E-state index in [4.69, 9.17) is 4.74 Å². The smallest absolute Gasteiger partial charge is 0.273 e. The van der Waals surface area contributed by atoms with Crippen LogP contribution in [0.4, 0.5) is 0 Å². The van der Waals surface area contributed by atoms with Gasteiger partial charge in [0, 0.05) is 54.4 Å². The second-order valence-electron chi connectivity index (χ2n) is 9.77. The number of carbonyl (C=O) groups excluding carboxylic acids is 2. The van der Waals surface area contributed by atoms with Crippen molar-refractivity contribution in [2.45, 2.75) is 30.7 Å². The lowest BCUT2D eigenvalue weighted by Crippen LogP contribution is -2.69. The molecule has 3 aliphatic rings. The second kappa shape index (κ2) is 7.84. The Morgan fingerprint density at radius 3 is 2.68 bits per heavy atom. The zero-order valence-corrected chi connectivity index (χ0v) is 19.2. The topological polar surface area (TPSA) is 98.8 Å². The normalized spacial score (nSPS) is 21.2. The van der Waals surface area contributed by atoms with Gasteiger partial charge in [-0.25, -0.2) is 0 Å². The number of benzene rings is 1. The Morgan fingerprint density at radius 2 is 2.03 bits per heavy atom. The Hall–Kier alpha value is -3.39. The Kier molecular flexibility index (Phi) is 4.88. The lowest BCUT2D eigenvalue weighted by Gasteiger charge is -2.56. The number of rotatable bonds is 4. The van der Waals surface area contributed by atoms with E-state index in [1.165, 1.54) is 0 Å². The molecule has 1 atom stereocenters. The fourth-order valence-corrected chi connectivity index (χ4v) is 5.87. The van der Waals surface area contributed by atoms with Gasteiger partial charge in [0.25, 0.3) is 5.91 Å². The molecule has 1 aromatic carbocycles. The monoisotopic (exact) mass is 460 g/mol. The molecule has 1 saturated heterocycles. The number of amides is 2. The van der Waals surface area contributed by atoms with Crippen LogP contribution in [0.15, 0.2) is 42.6 Å². The molecule has 4 heterocycles. The van der Waals surface area contributed by atoms with E-state index in [9.17, 15) is 14.7 Å². The van der Waals surface area contributed by atoms with E-state index in [0.29, 0.717) is 25.3 Å². The van der Waals surface area contributed by atoms with Crippen molar-refractivity contribution in [3.63, 3.8) is 0 Å². The number of H-pyrrole nitrogens is 1. The summed E-state index contributed by atoms with van der Waals surface area (Å²) in [6, 6.07) is 10.6. The number of carbonyl (C=O) groups is 2. The molecule has 0 bridgehead atoms. The molecule has 8 heteroatoms. The summed E-state index contributed by atoms with van der Waals surface area (Å²) < 4.78 is 5.42. The van der Waals surface area contributed by atoms with Gasteiger partial charge in [0.2, 0.25) is 5.91 Å². The number of hydrogen-bond donors (Lipinski definition) is 2. The lowest BCUT2D eigenvalue weighted by molar-refractivity contribution is -0.147. The van der Waals surface area contributed by atoms with E-state index in [-0.39, 0.29) is 24.3 Å². The van der Waals surface area contributed by atoms with Crippen LogP contribution in [0.2, 0.25) is 0 Å². The number of pyridine rings is 1. The minimum absolute atomic E-state index is 0.143. The van der Waals surface area contributed by atoms with Crippen LogP contribution in [0.3, 0.4) is 0 Å². The van der Waals surface area contributed by atoms with Gasteiger partial charge >= 0.3 is 0 Å². The Balaban J connectivity index is 1.44. The fourth-order valence-electron chi connectivity index (χ4n) is 5.87. The number of aliphatic hydroxyl groups excluding tert-OH is 1. The number of hydrogen-bond acceptors (Lipinski definition) is 5. The van der Waals surface area contributed by atoms with Gasteiger partial charge in [-0.3, -0.25) is 14.6 Å². The first-order valence-corrected chi connectivity index (χ1v) is 11.9. The molecule has 2 aliphatic heterocycles. The van der Waals surface area contributed by atoms with Crippen molar-refractivity contribution in [2.75, 3.05) is 33.4 Å². The second-order valence-corrected chi connectivity index (χ2v) is 9.77. The van der Waals surface area contributed by atoms with Crippen LogP contribution in [0.5, 0.6) is 5.75 Å². The molecule has 0 unspecified atom stereocenters. The molecule has 34 heavy (non-hydrogen) atoms. The number of likely N-dealkylation sites (tertiary alicyclic amines) is 1. The quantitative estimate of drug-likeness (QED) is 0.624. The van der Waals surface area contributed by atoms with Crippen LogP contribution in [-0.2, 0) is 10.2 Å². The summed E-state index contributed by atoms with van der Waals surface area (Å²) in [6.45, 7) is 1.35. The summed E-state index contributed by atoms with van der Waals surface area (Å²) >= 11 is 0. The fraction of sp³-hybridized carbons (Fsp3) is 0.423. The summed E-state index contributed by atoms with van der Waals surface area (Å²) in [5.41, 5.74) is 2.79. The molecular weight excluding hydrogens is 432 g/mol. The van der Waals surface area contributed by atoms with Crippen LogP contribution >= 0.6 is 0 Å². The summed E-state index contributed by atoms with van der Waals surface area (Å²) in [5.74, 6) is 0.887. The molecule has 8 nitrogen and oxygen atoms in total. The van der Waals surface area contributed by atoms with Gasteiger partial charge in [-0.1, -0.05) is 12.5 Å². The summed E-state index contributed by atoms with van der Waals surface area (Å²) in [6.07, 6.45) is 4.66. The van der Waals surface area contributed by atoms with Gasteiger partial charge in [0.05, 0.1) is 25.2 Å². The first-order valence-electron chi connectivity index (χ1n) is 11.9. The molecule has 3 aromatic rings. The molecule has 6 rings (SSSR count). The maximum atomic E-state index is 13.5. The van der Waals surface area contributed by atoms with Crippen LogP contribution in [0, 0.1) is 5.92 Å². The van der Waals surface area contributed by atoms with Crippen molar-refractivity contribution in [1.82, 2.24) is 19.8 Å². The molecule has 2 amide bonds. The van der Waals surface area contributed by atoms with Gasteiger partial charge in [-0.15, -0.1) is 0 Å². The van der Waals surface area contributed by atoms with Crippen molar-refractivity contribution in [3.05, 3.63) is 59.5 Å². The van der Waals surface area contributed by atoms with Crippen molar-refractivity contribution in [2.24, 2.45) is 5.92 Å². The van der Waals surface area contributed by atoms with Gasteiger partial charge in [-0.05, 0) is 42.7 Å². The van der Waals surface area contributed by atoms with E-state index >= 15 is 0 Å². The minimum atomic E-state index is -0.523. The number of nitrogens with one attached hydrogen (secondary N) is 1. The predicted octanol–water partition coefficient (Wildman–Crippen LogP) is 2.64. The number of ether oxygens (including phenoxy) is 1. The first kappa shape index (κ1) is 21.2. The summed E-state index contributed by atoms with van der Waals surface area (Å²) in [4.78, 5) is 37.9. The van der Waals surface area contributed by atoms with E-state index < -0.39 is 11.5 Å². The standard InChI is InChI=1S/C26H28N4O4/c1-34-17-8-9-18-20(11-17)28-23-21(12-31)30(25(33)19-7-2-3-10-27-19)15-26(22(18)23)13-29(14-26)24(32)16-5-4-6-16/h2-3,7-11,16,21,28,31H,4-6,12-15H2,1H3/t21-/m1/s1. The lowest BCUT2D eigenvalue weighted by atomic mass is 9.68. The summed E-state index contributed by atoms with van der Waals surface area (Å²) in [7, 11) is 1.63. The first-order chi connectivity index (χ1) is 16.5. The number of methoxy groups -OCH3 is 1. The Bertz CT molecular complexity index is 1260. The molecule has 2 fully saturated rings. The third-order valence-electron chi connectivity index (χ3n) is 7.82. The Morgan fingerprint density at radius 1 is 1.21 bits per heavy atom. The average Bonchev–Trinajstić information content (AvgIpc) is 3.19. The molecule has 1 aliphatic carbocycles. The van der Waals surface area contributed by atoms with Crippen molar-refractivity contribution in [1.29, 1.82) is 0 Å². The van der Waals surface area contributed by atoms with Crippen molar-refractivity contribution < 1.29 is 19.4 Å². The number of aromatic amines is 1. The summed E-state index contributed by atoms with van der Waals surface area (Å²) in [5, 5.41) is 11.5. The third kappa shape index (κ3) is 3.05. The number of nitrogens with zero attached hydrogens (tertiary/aromatic N) is 3.